The van der Waals surface area contributed by atoms with Crippen LogP contribution in [0.2, 0.25) is 5.02 Å². The highest BCUT2D eigenvalue weighted by molar-refractivity contribution is 6.30. The highest BCUT2D eigenvalue weighted by Crippen LogP contribution is 2.15. The van der Waals surface area contributed by atoms with Crippen molar-refractivity contribution >= 4 is 17.6 Å². The zero-order valence-corrected chi connectivity index (χ0v) is 11.6. The molecule has 1 saturated heterocycles. The molecular formula is C14H18ClNO3. The van der Waals surface area contributed by atoms with Gasteiger partial charge in [-0.25, -0.2) is 4.79 Å². The molecule has 0 amide bonds. The number of rotatable bonds is 4. The number of benzene rings is 1. The standard InChI is InChI=1S/C14H18ClNO3/c1-10(8-11-2-4-12(15)5-3-11)16-6-7-19-13(9-16)14(17)18/h2-5,10,13H,6-9H2,1H3,(H,17,18). The molecule has 1 aromatic carbocycles. The molecule has 0 spiro atoms. The molecule has 1 aliphatic heterocycles. The Morgan fingerprint density at radius 3 is 2.84 bits per heavy atom. The molecule has 19 heavy (non-hydrogen) atoms. The van der Waals surface area contributed by atoms with Gasteiger partial charge in [0.15, 0.2) is 6.10 Å². The first-order valence-electron chi connectivity index (χ1n) is 6.39. The Hall–Kier alpha value is -1.10. The molecule has 0 saturated carbocycles. The molecule has 1 aliphatic rings. The van der Waals surface area contributed by atoms with E-state index in [4.69, 9.17) is 21.4 Å². The predicted octanol–water partition coefficient (Wildman–Crippen LogP) is 2.06. The van der Waals surface area contributed by atoms with Crippen LogP contribution in [0.1, 0.15) is 12.5 Å². The van der Waals surface area contributed by atoms with E-state index in [0.29, 0.717) is 13.2 Å². The molecule has 0 radical (unpaired) electrons. The van der Waals surface area contributed by atoms with E-state index >= 15 is 0 Å². The number of carboxylic acids is 1. The highest BCUT2D eigenvalue weighted by Gasteiger charge is 2.28. The molecule has 1 aromatic rings. The lowest BCUT2D eigenvalue weighted by Gasteiger charge is -2.35. The van der Waals surface area contributed by atoms with Crippen LogP contribution < -0.4 is 0 Å². The molecule has 0 bridgehead atoms. The van der Waals surface area contributed by atoms with Gasteiger partial charge in [0.05, 0.1) is 6.61 Å². The van der Waals surface area contributed by atoms with Crippen molar-refractivity contribution in [1.82, 2.24) is 4.90 Å². The van der Waals surface area contributed by atoms with Gasteiger partial charge >= 0.3 is 5.97 Å². The fourth-order valence-electron chi connectivity index (χ4n) is 2.31. The second kappa shape index (κ2) is 6.37. The molecule has 1 fully saturated rings. The van der Waals surface area contributed by atoms with Crippen molar-refractivity contribution < 1.29 is 14.6 Å². The number of carbonyl (C=O) groups is 1. The van der Waals surface area contributed by atoms with E-state index in [1.54, 1.807) is 0 Å². The Morgan fingerprint density at radius 2 is 2.21 bits per heavy atom. The quantitative estimate of drug-likeness (QED) is 0.919. The highest BCUT2D eigenvalue weighted by atomic mass is 35.5. The lowest BCUT2D eigenvalue weighted by atomic mass is 10.1. The Morgan fingerprint density at radius 1 is 1.53 bits per heavy atom. The average molecular weight is 284 g/mol. The summed E-state index contributed by atoms with van der Waals surface area (Å²) in [5, 5.41) is 9.72. The van der Waals surface area contributed by atoms with Gasteiger partial charge in [-0.05, 0) is 31.0 Å². The number of carboxylic acid groups (broad SMARTS) is 1. The third-order valence-corrected chi connectivity index (χ3v) is 3.69. The third-order valence-electron chi connectivity index (χ3n) is 3.44. The van der Waals surface area contributed by atoms with Gasteiger partial charge in [-0.1, -0.05) is 23.7 Å². The first kappa shape index (κ1) is 14.3. The van der Waals surface area contributed by atoms with E-state index in [9.17, 15) is 4.79 Å². The van der Waals surface area contributed by atoms with Crippen LogP contribution in [0.5, 0.6) is 0 Å². The Labute approximate surface area is 117 Å². The van der Waals surface area contributed by atoms with Gasteiger partial charge in [-0.15, -0.1) is 0 Å². The summed E-state index contributed by atoms with van der Waals surface area (Å²) in [6, 6.07) is 8.06. The van der Waals surface area contributed by atoms with E-state index < -0.39 is 12.1 Å². The third kappa shape index (κ3) is 3.93. The lowest BCUT2D eigenvalue weighted by Crippen LogP contribution is -2.50. The summed E-state index contributed by atoms with van der Waals surface area (Å²) >= 11 is 5.86. The molecule has 1 heterocycles. The predicted molar refractivity (Wildman–Crippen MR) is 73.6 cm³/mol. The minimum atomic E-state index is -0.886. The fraction of sp³-hybridized carbons (Fsp3) is 0.500. The molecular weight excluding hydrogens is 266 g/mol. The molecule has 2 rings (SSSR count). The maximum atomic E-state index is 11.0. The van der Waals surface area contributed by atoms with Gasteiger partial charge in [0.1, 0.15) is 0 Å². The van der Waals surface area contributed by atoms with E-state index in [0.717, 1.165) is 18.0 Å². The molecule has 2 unspecified atom stereocenters. The van der Waals surface area contributed by atoms with Crippen LogP contribution in [0, 0.1) is 0 Å². The Kier molecular flexibility index (Phi) is 4.80. The van der Waals surface area contributed by atoms with Crippen molar-refractivity contribution in [3.8, 4) is 0 Å². The van der Waals surface area contributed by atoms with Crippen molar-refractivity contribution in [3.63, 3.8) is 0 Å². The summed E-state index contributed by atoms with van der Waals surface area (Å²) in [7, 11) is 0. The number of hydrogen-bond donors (Lipinski definition) is 1. The Bertz CT molecular complexity index is 435. The van der Waals surface area contributed by atoms with E-state index in [1.165, 1.54) is 5.56 Å². The van der Waals surface area contributed by atoms with Crippen molar-refractivity contribution in [2.45, 2.75) is 25.5 Å². The first-order chi connectivity index (χ1) is 9.06. The van der Waals surface area contributed by atoms with Gasteiger partial charge in [0.2, 0.25) is 0 Å². The number of aliphatic carboxylic acids is 1. The molecule has 104 valence electrons. The lowest BCUT2D eigenvalue weighted by molar-refractivity contribution is -0.156. The number of nitrogens with zero attached hydrogens (tertiary/aromatic N) is 1. The molecule has 4 nitrogen and oxygen atoms in total. The SMILES string of the molecule is CC(Cc1ccc(Cl)cc1)N1CCOC(C(=O)O)C1. The molecule has 1 N–H and O–H groups in total. The summed E-state index contributed by atoms with van der Waals surface area (Å²) in [6.07, 6.45) is 0.171. The second-order valence-corrected chi connectivity index (χ2v) is 5.31. The van der Waals surface area contributed by atoms with Crippen molar-refractivity contribution in [2.24, 2.45) is 0 Å². The minimum Gasteiger partial charge on any atom is -0.479 e. The number of morpholine rings is 1. The monoisotopic (exact) mass is 283 g/mol. The summed E-state index contributed by atoms with van der Waals surface area (Å²) in [5.41, 5.74) is 1.20. The van der Waals surface area contributed by atoms with Crippen LogP contribution >= 0.6 is 11.6 Å². The van der Waals surface area contributed by atoms with E-state index in [-0.39, 0.29) is 6.04 Å². The van der Waals surface area contributed by atoms with Gasteiger partial charge < -0.3 is 9.84 Å². The number of halogens is 1. The zero-order chi connectivity index (χ0) is 13.8. The van der Waals surface area contributed by atoms with Crippen LogP contribution in [-0.4, -0.2) is 47.8 Å². The fourth-order valence-corrected chi connectivity index (χ4v) is 2.44. The van der Waals surface area contributed by atoms with Crippen LogP contribution in [0.25, 0.3) is 0 Å². The van der Waals surface area contributed by atoms with E-state index in [2.05, 4.69) is 11.8 Å². The Balaban J connectivity index is 1.93. The smallest absolute Gasteiger partial charge is 0.334 e. The molecule has 0 aromatic heterocycles. The summed E-state index contributed by atoms with van der Waals surface area (Å²) in [6.45, 7) is 3.81. The summed E-state index contributed by atoms with van der Waals surface area (Å²) < 4.78 is 5.23. The summed E-state index contributed by atoms with van der Waals surface area (Å²) in [4.78, 5) is 13.1. The second-order valence-electron chi connectivity index (χ2n) is 4.87. The van der Waals surface area contributed by atoms with Crippen LogP contribution in [0.4, 0.5) is 0 Å². The van der Waals surface area contributed by atoms with Gasteiger partial charge in [-0.3, -0.25) is 4.90 Å². The topological polar surface area (TPSA) is 49.8 Å². The van der Waals surface area contributed by atoms with Crippen molar-refractivity contribution in [2.75, 3.05) is 19.7 Å². The zero-order valence-electron chi connectivity index (χ0n) is 10.9. The molecule has 0 aliphatic carbocycles. The average Bonchev–Trinajstić information content (AvgIpc) is 2.41. The summed E-state index contributed by atoms with van der Waals surface area (Å²) in [5.74, 6) is -0.886. The van der Waals surface area contributed by atoms with Gasteiger partial charge in [-0.2, -0.15) is 0 Å². The molecule has 5 heteroatoms. The van der Waals surface area contributed by atoms with Gasteiger partial charge in [0, 0.05) is 24.2 Å². The van der Waals surface area contributed by atoms with Crippen LogP contribution in [0.3, 0.4) is 0 Å². The van der Waals surface area contributed by atoms with E-state index in [1.807, 2.05) is 24.3 Å². The maximum absolute atomic E-state index is 11.0. The van der Waals surface area contributed by atoms with Crippen molar-refractivity contribution in [3.05, 3.63) is 34.9 Å². The minimum absolute atomic E-state index is 0.284. The normalized spacial score (nSPS) is 22.1. The van der Waals surface area contributed by atoms with Crippen molar-refractivity contribution in [1.29, 1.82) is 0 Å². The van der Waals surface area contributed by atoms with Crippen LogP contribution in [-0.2, 0) is 16.0 Å². The number of ether oxygens (including phenoxy) is 1. The first-order valence-corrected chi connectivity index (χ1v) is 6.77. The largest absolute Gasteiger partial charge is 0.479 e. The van der Waals surface area contributed by atoms with Gasteiger partial charge in [0.25, 0.3) is 0 Å². The maximum Gasteiger partial charge on any atom is 0.334 e. The molecule has 2 atom stereocenters. The van der Waals surface area contributed by atoms with Crippen LogP contribution in [0.15, 0.2) is 24.3 Å². The number of hydrogen-bond acceptors (Lipinski definition) is 3.